The van der Waals surface area contributed by atoms with Gasteiger partial charge < -0.3 is 15.1 Å². The molecule has 0 amide bonds. The van der Waals surface area contributed by atoms with E-state index in [1.54, 1.807) is 0 Å². The van der Waals surface area contributed by atoms with Crippen molar-refractivity contribution in [2.45, 2.75) is 32.2 Å². The standard InChI is InChI=1S/C15H32N4/c1-3-7-19(14-15-5-4-6-16-15)13-12-18-10-8-17(2)9-11-18/h15-16H,3-14H2,1-2H3. The molecule has 2 saturated heterocycles. The van der Waals surface area contributed by atoms with Gasteiger partial charge in [0.1, 0.15) is 0 Å². The van der Waals surface area contributed by atoms with Crippen LogP contribution >= 0.6 is 0 Å². The second kappa shape index (κ2) is 8.20. The molecule has 0 bridgehead atoms. The van der Waals surface area contributed by atoms with E-state index >= 15 is 0 Å². The number of nitrogens with one attached hydrogen (secondary N) is 1. The van der Waals surface area contributed by atoms with Gasteiger partial charge in [-0.25, -0.2) is 0 Å². The molecule has 1 unspecified atom stereocenters. The lowest BCUT2D eigenvalue weighted by atomic mass is 10.2. The van der Waals surface area contributed by atoms with Crippen LogP contribution in [0.1, 0.15) is 26.2 Å². The van der Waals surface area contributed by atoms with E-state index in [0.29, 0.717) is 0 Å². The molecule has 1 N–H and O–H groups in total. The van der Waals surface area contributed by atoms with Crippen molar-refractivity contribution in [2.75, 3.05) is 66.0 Å². The number of hydrogen-bond acceptors (Lipinski definition) is 4. The minimum absolute atomic E-state index is 0.749. The van der Waals surface area contributed by atoms with Gasteiger partial charge in [-0.15, -0.1) is 0 Å². The maximum atomic E-state index is 3.63. The fourth-order valence-electron chi connectivity index (χ4n) is 3.19. The van der Waals surface area contributed by atoms with Crippen LogP contribution in [-0.4, -0.2) is 86.7 Å². The van der Waals surface area contributed by atoms with Gasteiger partial charge in [0.2, 0.25) is 0 Å². The molecule has 0 spiro atoms. The van der Waals surface area contributed by atoms with E-state index < -0.39 is 0 Å². The van der Waals surface area contributed by atoms with Gasteiger partial charge in [-0.2, -0.15) is 0 Å². The van der Waals surface area contributed by atoms with E-state index in [-0.39, 0.29) is 0 Å². The number of hydrogen-bond donors (Lipinski definition) is 1. The minimum Gasteiger partial charge on any atom is -0.313 e. The van der Waals surface area contributed by atoms with Crippen LogP contribution in [0, 0.1) is 0 Å². The normalized spacial score (nSPS) is 26.4. The highest BCUT2D eigenvalue weighted by atomic mass is 15.3. The highest BCUT2D eigenvalue weighted by molar-refractivity contribution is 4.79. The zero-order chi connectivity index (χ0) is 13.5. The summed E-state index contributed by atoms with van der Waals surface area (Å²) in [4.78, 5) is 7.73. The average Bonchev–Trinajstić information content (AvgIpc) is 2.91. The van der Waals surface area contributed by atoms with Crippen LogP contribution in [0.15, 0.2) is 0 Å². The van der Waals surface area contributed by atoms with Crippen molar-refractivity contribution >= 4 is 0 Å². The molecule has 0 radical (unpaired) electrons. The van der Waals surface area contributed by atoms with Crippen molar-refractivity contribution in [2.24, 2.45) is 0 Å². The summed E-state index contributed by atoms with van der Waals surface area (Å²) < 4.78 is 0. The lowest BCUT2D eigenvalue weighted by molar-refractivity contribution is 0.132. The topological polar surface area (TPSA) is 21.8 Å². The molecule has 4 nitrogen and oxygen atoms in total. The Morgan fingerprint density at radius 3 is 2.58 bits per heavy atom. The van der Waals surface area contributed by atoms with E-state index in [2.05, 4.69) is 34.0 Å². The Hall–Kier alpha value is -0.160. The van der Waals surface area contributed by atoms with Gasteiger partial charge in [-0.3, -0.25) is 4.90 Å². The van der Waals surface area contributed by atoms with Crippen LogP contribution < -0.4 is 5.32 Å². The summed E-state index contributed by atoms with van der Waals surface area (Å²) in [6.07, 6.45) is 4.01. The smallest absolute Gasteiger partial charge is 0.0195 e. The van der Waals surface area contributed by atoms with Crippen molar-refractivity contribution in [3.05, 3.63) is 0 Å². The van der Waals surface area contributed by atoms with Crippen molar-refractivity contribution in [1.29, 1.82) is 0 Å². The first-order chi connectivity index (χ1) is 9.28. The molecule has 112 valence electrons. The van der Waals surface area contributed by atoms with Crippen molar-refractivity contribution < 1.29 is 0 Å². The molecule has 2 heterocycles. The van der Waals surface area contributed by atoms with E-state index in [0.717, 1.165) is 6.04 Å². The van der Waals surface area contributed by atoms with Crippen LogP contribution in [0.5, 0.6) is 0 Å². The summed E-state index contributed by atoms with van der Waals surface area (Å²) in [5, 5.41) is 3.63. The molecule has 2 fully saturated rings. The first-order valence-electron chi connectivity index (χ1n) is 8.14. The molecular weight excluding hydrogens is 236 g/mol. The average molecular weight is 268 g/mol. The lowest BCUT2D eigenvalue weighted by Crippen LogP contribution is -2.48. The largest absolute Gasteiger partial charge is 0.313 e. The zero-order valence-electron chi connectivity index (χ0n) is 12.9. The third-order valence-electron chi connectivity index (χ3n) is 4.51. The first kappa shape index (κ1) is 15.2. The quantitative estimate of drug-likeness (QED) is 0.733. The molecule has 19 heavy (non-hydrogen) atoms. The van der Waals surface area contributed by atoms with Gasteiger partial charge >= 0.3 is 0 Å². The molecule has 2 aliphatic heterocycles. The fourth-order valence-corrected chi connectivity index (χ4v) is 3.19. The Morgan fingerprint density at radius 2 is 1.95 bits per heavy atom. The van der Waals surface area contributed by atoms with Gasteiger partial charge in [-0.1, -0.05) is 6.92 Å². The van der Waals surface area contributed by atoms with Crippen LogP contribution in [0.2, 0.25) is 0 Å². The van der Waals surface area contributed by atoms with Gasteiger partial charge in [-0.05, 0) is 39.4 Å². The Morgan fingerprint density at radius 1 is 1.16 bits per heavy atom. The molecule has 4 heteroatoms. The monoisotopic (exact) mass is 268 g/mol. The van der Waals surface area contributed by atoms with Gasteiger partial charge in [0.25, 0.3) is 0 Å². The fraction of sp³-hybridized carbons (Fsp3) is 1.00. The van der Waals surface area contributed by atoms with Crippen molar-refractivity contribution in [3.8, 4) is 0 Å². The zero-order valence-corrected chi connectivity index (χ0v) is 12.9. The molecule has 2 rings (SSSR count). The second-order valence-corrected chi connectivity index (χ2v) is 6.24. The molecule has 0 aromatic rings. The summed E-state index contributed by atoms with van der Waals surface area (Å²) in [5.74, 6) is 0. The van der Waals surface area contributed by atoms with Crippen LogP contribution in [0.4, 0.5) is 0 Å². The summed E-state index contributed by atoms with van der Waals surface area (Å²) >= 11 is 0. The second-order valence-electron chi connectivity index (χ2n) is 6.24. The predicted octanol–water partition coefficient (Wildman–Crippen LogP) is 0.698. The maximum absolute atomic E-state index is 3.63. The Bertz CT molecular complexity index is 232. The van der Waals surface area contributed by atoms with Gasteiger partial charge in [0.15, 0.2) is 0 Å². The third-order valence-corrected chi connectivity index (χ3v) is 4.51. The van der Waals surface area contributed by atoms with Crippen LogP contribution in [-0.2, 0) is 0 Å². The van der Waals surface area contributed by atoms with E-state index in [1.165, 1.54) is 78.2 Å². The first-order valence-corrected chi connectivity index (χ1v) is 8.14. The summed E-state index contributed by atoms with van der Waals surface area (Å²) in [5.41, 5.74) is 0. The minimum atomic E-state index is 0.749. The number of piperazine rings is 1. The highest BCUT2D eigenvalue weighted by Crippen LogP contribution is 2.08. The summed E-state index contributed by atoms with van der Waals surface area (Å²) in [7, 11) is 2.23. The number of likely N-dealkylation sites (N-methyl/N-ethyl adjacent to an activating group) is 1. The van der Waals surface area contributed by atoms with Crippen molar-refractivity contribution in [3.63, 3.8) is 0 Å². The Balaban J connectivity index is 1.67. The van der Waals surface area contributed by atoms with Crippen LogP contribution in [0.3, 0.4) is 0 Å². The molecule has 0 aromatic heterocycles. The van der Waals surface area contributed by atoms with Crippen molar-refractivity contribution in [1.82, 2.24) is 20.0 Å². The Labute approximate surface area is 119 Å². The third kappa shape index (κ3) is 5.38. The SMILES string of the molecule is CCCN(CCN1CCN(C)CC1)CC1CCCN1. The summed E-state index contributed by atoms with van der Waals surface area (Å²) in [6, 6.07) is 0.749. The molecular formula is C15H32N4. The molecule has 0 saturated carbocycles. The summed E-state index contributed by atoms with van der Waals surface area (Å²) in [6.45, 7) is 13.5. The number of nitrogens with zero attached hydrogens (tertiary/aromatic N) is 3. The van der Waals surface area contributed by atoms with E-state index in [1.807, 2.05) is 0 Å². The molecule has 0 aliphatic carbocycles. The maximum Gasteiger partial charge on any atom is 0.0195 e. The molecule has 0 aromatic carbocycles. The van der Waals surface area contributed by atoms with E-state index in [4.69, 9.17) is 0 Å². The lowest BCUT2D eigenvalue weighted by Gasteiger charge is -2.34. The number of rotatable bonds is 7. The predicted molar refractivity (Wildman–Crippen MR) is 81.7 cm³/mol. The molecule has 1 atom stereocenters. The van der Waals surface area contributed by atoms with Gasteiger partial charge in [0, 0.05) is 51.9 Å². The highest BCUT2D eigenvalue weighted by Gasteiger charge is 2.19. The van der Waals surface area contributed by atoms with E-state index in [9.17, 15) is 0 Å². The van der Waals surface area contributed by atoms with Crippen LogP contribution in [0.25, 0.3) is 0 Å². The Kier molecular flexibility index (Phi) is 6.57. The molecule has 2 aliphatic rings. The van der Waals surface area contributed by atoms with Gasteiger partial charge in [0.05, 0.1) is 0 Å².